The lowest BCUT2D eigenvalue weighted by atomic mass is 10.1. The number of para-hydroxylation sites is 2. The van der Waals surface area contributed by atoms with Crippen molar-refractivity contribution >= 4 is 16.9 Å². The lowest BCUT2D eigenvalue weighted by Gasteiger charge is -2.16. The molecular formula is C19H16N4O2. The average molecular weight is 332 g/mol. The summed E-state index contributed by atoms with van der Waals surface area (Å²) in [4.78, 5) is 26.9. The van der Waals surface area contributed by atoms with Gasteiger partial charge in [0, 0.05) is 25.7 Å². The highest BCUT2D eigenvalue weighted by Gasteiger charge is 2.22. The van der Waals surface area contributed by atoms with E-state index < -0.39 is 0 Å². The fourth-order valence-electron chi connectivity index (χ4n) is 2.93. The molecule has 0 aromatic heterocycles. The van der Waals surface area contributed by atoms with E-state index in [0.717, 1.165) is 5.39 Å². The predicted molar refractivity (Wildman–Crippen MR) is 96.4 cm³/mol. The largest absolute Gasteiger partial charge is 0.330 e. The second kappa shape index (κ2) is 5.59. The molecular weight excluding hydrogens is 316 g/mol. The molecule has 2 aliphatic heterocycles. The molecule has 2 heterocycles. The van der Waals surface area contributed by atoms with Crippen molar-refractivity contribution in [3.63, 3.8) is 0 Å². The number of carbonyl (C=O) groups excluding carboxylic acids is 1. The molecule has 124 valence electrons. The third-order valence-electron chi connectivity index (χ3n) is 4.14. The van der Waals surface area contributed by atoms with Gasteiger partial charge in [0.05, 0.1) is 16.8 Å². The summed E-state index contributed by atoms with van der Waals surface area (Å²) in [5.74, 6) is 0. The van der Waals surface area contributed by atoms with Gasteiger partial charge in [-0.2, -0.15) is 9.78 Å². The number of hydrogen-bond acceptors (Lipinski definition) is 3. The Morgan fingerprint density at radius 3 is 2.40 bits per heavy atom. The first-order valence-corrected chi connectivity index (χ1v) is 7.88. The third kappa shape index (κ3) is 2.30. The topological polar surface area (TPSA) is 60.1 Å². The Morgan fingerprint density at radius 2 is 1.68 bits per heavy atom. The predicted octanol–water partition coefficient (Wildman–Crippen LogP) is 2.82. The first-order chi connectivity index (χ1) is 12.1. The minimum atomic E-state index is -0.243. The van der Waals surface area contributed by atoms with Crippen LogP contribution in [0.2, 0.25) is 0 Å². The number of nitrogens with zero attached hydrogens (tertiary/aromatic N) is 4. The first-order valence-electron chi connectivity index (χ1n) is 7.88. The van der Waals surface area contributed by atoms with Crippen LogP contribution in [0.1, 0.15) is 0 Å². The van der Waals surface area contributed by atoms with Gasteiger partial charge in [-0.25, -0.2) is 4.79 Å². The van der Waals surface area contributed by atoms with Crippen molar-refractivity contribution in [3.05, 3.63) is 71.1 Å². The third-order valence-corrected chi connectivity index (χ3v) is 4.14. The zero-order valence-electron chi connectivity index (χ0n) is 13.9. The molecule has 0 saturated carbocycles. The summed E-state index contributed by atoms with van der Waals surface area (Å²) in [6.45, 7) is 0. The molecule has 0 bridgehead atoms. The Balaban J connectivity index is 2.10. The van der Waals surface area contributed by atoms with Gasteiger partial charge in [-0.1, -0.05) is 36.4 Å². The molecule has 0 atom stereocenters. The van der Waals surface area contributed by atoms with Crippen molar-refractivity contribution in [2.45, 2.75) is 0 Å². The van der Waals surface area contributed by atoms with Crippen molar-refractivity contribution in [2.24, 2.45) is 0 Å². The zero-order valence-corrected chi connectivity index (χ0v) is 13.9. The summed E-state index contributed by atoms with van der Waals surface area (Å²) in [5.41, 5.74) is 2.17. The number of benzene rings is 2. The van der Waals surface area contributed by atoms with Crippen molar-refractivity contribution < 1.29 is 4.79 Å². The highest BCUT2D eigenvalue weighted by atomic mass is 16.2. The van der Waals surface area contributed by atoms with Gasteiger partial charge < -0.3 is 4.90 Å². The second-order valence-electron chi connectivity index (χ2n) is 6.01. The molecule has 0 unspecified atom stereocenters. The number of carbonyl (C=O) groups is 1. The zero-order chi connectivity index (χ0) is 17.6. The molecule has 6 nitrogen and oxygen atoms in total. The molecule has 0 fully saturated rings. The van der Waals surface area contributed by atoms with E-state index in [-0.39, 0.29) is 11.6 Å². The smallest absolute Gasteiger partial charge is 0.328 e. The molecule has 0 N–H and O–H groups in total. The quantitative estimate of drug-likeness (QED) is 0.538. The lowest BCUT2D eigenvalue weighted by molar-refractivity contribution is 0.220. The van der Waals surface area contributed by atoms with Crippen LogP contribution in [0.4, 0.5) is 4.79 Å². The number of hydrogen-bond donors (Lipinski definition) is 0. The summed E-state index contributed by atoms with van der Waals surface area (Å²) in [6, 6.07) is 16.5. The normalized spacial score (nSPS) is 11.1. The summed E-state index contributed by atoms with van der Waals surface area (Å²) in [6.07, 6.45) is 1.58. The van der Waals surface area contributed by atoms with Crippen LogP contribution in [-0.2, 0) is 0 Å². The Kier molecular flexibility index (Phi) is 3.39. The van der Waals surface area contributed by atoms with Gasteiger partial charge >= 0.3 is 6.03 Å². The Morgan fingerprint density at radius 1 is 1.00 bits per heavy atom. The summed E-state index contributed by atoms with van der Waals surface area (Å²) in [7, 11) is 3.36. The SMILES string of the molecule is CN(C)C(=O)n1cc2c(=O)n(-c3ccccc3)nc-2c2ccccc21. The van der Waals surface area contributed by atoms with Crippen LogP contribution in [0.25, 0.3) is 27.8 Å². The van der Waals surface area contributed by atoms with Crippen LogP contribution in [-0.4, -0.2) is 39.4 Å². The van der Waals surface area contributed by atoms with Crippen molar-refractivity contribution in [3.8, 4) is 16.9 Å². The van der Waals surface area contributed by atoms with Gasteiger partial charge in [0.2, 0.25) is 0 Å². The van der Waals surface area contributed by atoms with E-state index in [1.807, 2.05) is 54.6 Å². The van der Waals surface area contributed by atoms with Crippen LogP contribution < -0.4 is 5.56 Å². The molecule has 1 amide bonds. The molecule has 6 heteroatoms. The van der Waals surface area contributed by atoms with Crippen molar-refractivity contribution in [1.29, 1.82) is 0 Å². The van der Waals surface area contributed by atoms with E-state index >= 15 is 0 Å². The van der Waals surface area contributed by atoms with Crippen molar-refractivity contribution in [2.75, 3.05) is 14.1 Å². The maximum absolute atomic E-state index is 12.9. The maximum Gasteiger partial charge on any atom is 0.328 e. The minimum absolute atomic E-state index is 0.218. The van der Waals surface area contributed by atoms with Gasteiger partial charge in [-0.15, -0.1) is 0 Å². The molecule has 0 spiro atoms. The molecule has 2 aromatic carbocycles. The Bertz CT molecular complexity index is 1110. The molecule has 2 aliphatic rings. The average Bonchev–Trinajstić information content (AvgIpc) is 2.98. The van der Waals surface area contributed by atoms with E-state index in [4.69, 9.17) is 0 Å². The molecule has 25 heavy (non-hydrogen) atoms. The standard InChI is InChI=1S/C19H16N4O2/c1-21(2)19(25)22-12-15-17(14-10-6-7-11-16(14)22)20-23(18(15)24)13-8-4-3-5-9-13/h3-12H,1-2H3. The number of fused-ring (bicyclic) bond motifs is 3. The highest BCUT2D eigenvalue weighted by molar-refractivity contribution is 5.99. The Labute approximate surface area is 143 Å². The van der Waals surface area contributed by atoms with Gasteiger partial charge in [0.1, 0.15) is 5.69 Å². The van der Waals surface area contributed by atoms with Crippen LogP contribution in [0.3, 0.4) is 0 Å². The second-order valence-corrected chi connectivity index (χ2v) is 6.01. The minimum Gasteiger partial charge on any atom is -0.330 e. The molecule has 0 radical (unpaired) electrons. The summed E-state index contributed by atoms with van der Waals surface area (Å²) < 4.78 is 2.87. The van der Waals surface area contributed by atoms with Crippen molar-refractivity contribution in [1.82, 2.24) is 19.2 Å². The number of rotatable bonds is 1. The summed E-state index contributed by atoms with van der Waals surface area (Å²) in [5, 5.41) is 5.29. The van der Waals surface area contributed by atoms with Gasteiger partial charge in [0.25, 0.3) is 5.56 Å². The fourth-order valence-corrected chi connectivity index (χ4v) is 2.93. The monoisotopic (exact) mass is 332 g/mol. The number of aromatic nitrogens is 3. The number of pyridine rings is 1. The fraction of sp³-hybridized carbons (Fsp3) is 0.105. The maximum atomic E-state index is 12.9. The van der Waals surface area contributed by atoms with Crippen LogP contribution >= 0.6 is 0 Å². The first kappa shape index (κ1) is 15.1. The van der Waals surface area contributed by atoms with Gasteiger partial charge in [0.15, 0.2) is 0 Å². The van der Waals surface area contributed by atoms with Crippen LogP contribution in [0.15, 0.2) is 65.6 Å². The number of amides is 1. The van der Waals surface area contributed by atoms with E-state index in [2.05, 4.69) is 5.10 Å². The van der Waals surface area contributed by atoms with Gasteiger partial charge in [-0.3, -0.25) is 9.36 Å². The van der Waals surface area contributed by atoms with E-state index in [1.165, 1.54) is 14.1 Å². The summed E-state index contributed by atoms with van der Waals surface area (Å²) >= 11 is 0. The molecule has 0 aliphatic carbocycles. The molecule has 0 saturated heterocycles. The highest BCUT2D eigenvalue weighted by Crippen LogP contribution is 2.28. The lowest BCUT2D eigenvalue weighted by Crippen LogP contribution is -2.28. The Hall–Kier alpha value is -3.41. The van der Waals surface area contributed by atoms with E-state index in [1.54, 1.807) is 20.3 Å². The van der Waals surface area contributed by atoms with Crippen LogP contribution in [0, 0.1) is 0 Å². The van der Waals surface area contributed by atoms with Crippen LogP contribution in [0.5, 0.6) is 0 Å². The van der Waals surface area contributed by atoms with E-state index in [0.29, 0.717) is 22.5 Å². The molecule has 4 rings (SSSR count). The molecule has 2 aromatic rings. The van der Waals surface area contributed by atoms with Gasteiger partial charge in [-0.05, 0) is 18.2 Å². The van der Waals surface area contributed by atoms with E-state index in [9.17, 15) is 9.59 Å².